The van der Waals surface area contributed by atoms with Crippen molar-refractivity contribution in [2.75, 3.05) is 19.6 Å². The Bertz CT molecular complexity index is 339. The highest BCUT2D eigenvalue weighted by atomic mass is 19.4. The zero-order chi connectivity index (χ0) is 11.1. The summed E-state index contributed by atoms with van der Waals surface area (Å²) in [4.78, 5) is 1.38. The van der Waals surface area contributed by atoms with E-state index < -0.39 is 12.7 Å². The van der Waals surface area contributed by atoms with Gasteiger partial charge in [-0.3, -0.25) is 9.58 Å². The summed E-state index contributed by atoms with van der Waals surface area (Å²) in [6, 6.07) is 0.0982. The van der Waals surface area contributed by atoms with Crippen molar-refractivity contribution in [1.82, 2.24) is 14.7 Å². The zero-order valence-electron chi connectivity index (χ0n) is 8.33. The molecule has 0 unspecified atom stereocenters. The Hall–Kier alpha value is -1.04. The maximum atomic E-state index is 12.0. The van der Waals surface area contributed by atoms with Crippen LogP contribution in [0, 0.1) is 6.92 Å². The van der Waals surface area contributed by atoms with Crippen molar-refractivity contribution in [2.24, 2.45) is 0 Å². The number of hydrogen-bond donors (Lipinski definition) is 0. The monoisotopic (exact) mass is 219 g/mol. The molecule has 1 aliphatic heterocycles. The molecule has 0 atom stereocenters. The molecule has 0 radical (unpaired) electrons. The molecule has 3 nitrogen and oxygen atoms in total. The van der Waals surface area contributed by atoms with Gasteiger partial charge >= 0.3 is 6.18 Å². The first-order valence-corrected chi connectivity index (χ1v) is 4.74. The fourth-order valence-corrected chi connectivity index (χ4v) is 1.73. The number of rotatable bonds is 2. The molecule has 6 heteroatoms. The first kappa shape index (κ1) is 10.5. The lowest BCUT2D eigenvalue weighted by molar-refractivity contribution is -0.157. The molecule has 0 aliphatic carbocycles. The van der Waals surface area contributed by atoms with Gasteiger partial charge in [0.15, 0.2) is 0 Å². The molecule has 1 fully saturated rings. The molecule has 1 aliphatic rings. The average molecular weight is 219 g/mol. The molecular formula is C9H12F3N3. The van der Waals surface area contributed by atoms with E-state index in [1.165, 1.54) is 4.90 Å². The number of halogens is 3. The number of likely N-dealkylation sites (tertiary alicyclic amines) is 1. The fraction of sp³-hybridized carbons (Fsp3) is 0.667. The minimum atomic E-state index is -4.09. The quantitative estimate of drug-likeness (QED) is 0.753. The van der Waals surface area contributed by atoms with Gasteiger partial charge < -0.3 is 0 Å². The van der Waals surface area contributed by atoms with E-state index in [4.69, 9.17) is 0 Å². The second-order valence-corrected chi connectivity index (χ2v) is 3.96. The van der Waals surface area contributed by atoms with Crippen molar-refractivity contribution in [1.29, 1.82) is 0 Å². The number of hydrogen-bond acceptors (Lipinski definition) is 2. The predicted molar refractivity (Wildman–Crippen MR) is 48.5 cm³/mol. The van der Waals surface area contributed by atoms with Crippen LogP contribution in [-0.2, 0) is 0 Å². The highest BCUT2D eigenvalue weighted by Crippen LogP contribution is 2.25. The molecule has 0 aromatic carbocycles. The van der Waals surface area contributed by atoms with Gasteiger partial charge in [-0.15, -0.1) is 0 Å². The van der Waals surface area contributed by atoms with Crippen LogP contribution in [0.1, 0.15) is 11.6 Å². The normalized spacial score (nSPS) is 19.2. The first-order valence-electron chi connectivity index (χ1n) is 4.74. The van der Waals surface area contributed by atoms with E-state index in [0.717, 1.165) is 5.56 Å². The van der Waals surface area contributed by atoms with Gasteiger partial charge in [0, 0.05) is 19.3 Å². The second kappa shape index (κ2) is 3.52. The lowest BCUT2D eigenvalue weighted by Gasteiger charge is -2.39. The summed E-state index contributed by atoms with van der Waals surface area (Å²) in [7, 11) is 0. The van der Waals surface area contributed by atoms with E-state index in [-0.39, 0.29) is 6.04 Å². The molecule has 0 amide bonds. The highest BCUT2D eigenvalue weighted by molar-refractivity contribution is 5.02. The smallest absolute Gasteiger partial charge is 0.291 e. The Morgan fingerprint density at radius 2 is 2.13 bits per heavy atom. The third kappa shape index (κ3) is 2.50. The number of aromatic nitrogens is 2. The Morgan fingerprint density at radius 3 is 2.60 bits per heavy atom. The van der Waals surface area contributed by atoms with Crippen LogP contribution in [0.3, 0.4) is 0 Å². The Morgan fingerprint density at radius 1 is 1.47 bits per heavy atom. The van der Waals surface area contributed by atoms with E-state index in [0.29, 0.717) is 13.1 Å². The molecule has 0 spiro atoms. The van der Waals surface area contributed by atoms with Crippen molar-refractivity contribution in [2.45, 2.75) is 19.1 Å². The molecule has 1 aromatic rings. The van der Waals surface area contributed by atoms with E-state index in [9.17, 15) is 13.2 Å². The molecule has 0 saturated carbocycles. The Labute approximate surface area is 85.5 Å². The van der Waals surface area contributed by atoms with Crippen molar-refractivity contribution in [3.05, 3.63) is 18.0 Å². The van der Waals surface area contributed by atoms with Crippen LogP contribution in [0.5, 0.6) is 0 Å². The maximum Gasteiger partial charge on any atom is 0.401 e. The molecule has 0 N–H and O–H groups in total. The van der Waals surface area contributed by atoms with E-state index in [2.05, 4.69) is 5.10 Å². The van der Waals surface area contributed by atoms with E-state index >= 15 is 0 Å². The van der Waals surface area contributed by atoms with Crippen LogP contribution in [0.2, 0.25) is 0 Å². The van der Waals surface area contributed by atoms with Crippen molar-refractivity contribution in [3.8, 4) is 0 Å². The van der Waals surface area contributed by atoms with Gasteiger partial charge in [0.25, 0.3) is 0 Å². The molecule has 1 saturated heterocycles. The van der Waals surface area contributed by atoms with Crippen LogP contribution < -0.4 is 0 Å². The molecule has 2 heterocycles. The van der Waals surface area contributed by atoms with Crippen LogP contribution in [0.25, 0.3) is 0 Å². The lowest BCUT2D eigenvalue weighted by Crippen LogP contribution is -2.51. The van der Waals surface area contributed by atoms with Gasteiger partial charge in [-0.05, 0) is 12.5 Å². The summed E-state index contributed by atoms with van der Waals surface area (Å²) >= 11 is 0. The summed E-state index contributed by atoms with van der Waals surface area (Å²) < 4.78 is 37.7. The van der Waals surface area contributed by atoms with Crippen LogP contribution in [0.15, 0.2) is 12.4 Å². The fourth-order valence-electron chi connectivity index (χ4n) is 1.73. The molecule has 84 valence electrons. The first-order chi connectivity index (χ1) is 6.94. The molecular weight excluding hydrogens is 207 g/mol. The average Bonchev–Trinajstić information content (AvgIpc) is 2.41. The SMILES string of the molecule is Cc1cnn(C2CN(CC(F)(F)F)C2)c1. The van der Waals surface area contributed by atoms with Gasteiger partial charge in [-0.25, -0.2) is 0 Å². The molecule has 0 bridgehead atoms. The van der Waals surface area contributed by atoms with Gasteiger partial charge in [0.2, 0.25) is 0 Å². The summed E-state index contributed by atoms with van der Waals surface area (Å²) in [6.07, 6.45) is -0.521. The number of nitrogens with zero attached hydrogens (tertiary/aromatic N) is 3. The second-order valence-electron chi connectivity index (χ2n) is 3.96. The third-order valence-electron chi connectivity index (χ3n) is 2.45. The van der Waals surface area contributed by atoms with Gasteiger partial charge in [-0.1, -0.05) is 0 Å². The van der Waals surface area contributed by atoms with Crippen molar-refractivity contribution in [3.63, 3.8) is 0 Å². The summed E-state index contributed by atoms with van der Waals surface area (Å²) in [6.45, 7) is 1.96. The standard InChI is InChI=1S/C9H12F3N3/c1-7-2-13-15(3-7)8-4-14(5-8)6-9(10,11)12/h2-3,8H,4-6H2,1H3. The van der Waals surface area contributed by atoms with Crippen LogP contribution in [0.4, 0.5) is 13.2 Å². The van der Waals surface area contributed by atoms with E-state index in [1.807, 2.05) is 13.1 Å². The van der Waals surface area contributed by atoms with E-state index in [1.54, 1.807) is 10.9 Å². The van der Waals surface area contributed by atoms with Crippen molar-refractivity contribution >= 4 is 0 Å². The van der Waals surface area contributed by atoms with Gasteiger partial charge in [-0.2, -0.15) is 18.3 Å². The minimum absolute atomic E-state index is 0.0982. The highest BCUT2D eigenvalue weighted by Gasteiger charge is 2.37. The maximum absolute atomic E-state index is 12.0. The number of alkyl halides is 3. The summed E-state index contributed by atoms with van der Waals surface area (Å²) in [5.74, 6) is 0. The van der Waals surface area contributed by atoms with Gasteiger partial charge in [0.1, 0.15) is 0 Å². The summed E-state index contributed by atoms with van der Waals surface area (Å²) in [5, 5.41) is 4.08. The molecule has 15 heavy (non-hydrogen) atoms. The predicted octanol–water partition coefficient (Wildman–Crippen LogP) is 1.61. The van der Waals surface area contributed by atoms with Crippen molar-refractivity contribution < 1.29 is 13.2 Å². The van der Waals surface area contributed by atoms with Crippen LogP contribution in [-0.4, -0.2) is 40.5 Å². The minimum Gasteiger partial charge on any atom is -0.291 e. The van der Waals surface area contributed by atoms with Gasteiger partial charge in [0.05, 0.1) is 18.8 Å². The Balaban J connectivity index is 1.84. The largest absolute Gasteiger partial charge is 0.401 e. The topological polar surface area (TPSA) is 21.1 Å². The lowest BCUT2D eigenvalue weighted by atomic mass is 10.1. The molecule has 2 rings (SSSR count). The Kier molecular flexibility index (Phi) is 2.46. The van der Waals surface area contributed by atoms with Crippen LogP contribution >= 0.6 is 0 Å². The number of aryl methyl sites for hydroxylation is 1. The zero-order valence-corrected chi connectivity index (χ0v) is 8.33. The third-order valence-corrected chi connectivity index (χ3v) is 2.45. The molecule has 1 aromatic heterocycles. The summed E-state index contributed by atoms with van der Waals surface area (Å²) in [5.41, 5.74) is 1.03.